The minimum absolute atomic E-state index is 0.279. The van der Waals surface area contributed by atoms with Gasteiger partial charge in [-0.25, -0.2) is 9.78 Å². The number of unbranched alkanes of at least 4 members (excludes halogenated alkanes) is 1. The number of primary amides is 1. The average Bonchev–Trinajstić information content (AvgIpc) is 3.14. The molecule has 4 rings (SSSR count). The number of imidazole rings is 1. The predicted octanol–water partition coefficient (Wildman–Crippen LogP) is 4.89. The molecule has 1 aromatic heterocycles. The third-order valence-corrected chi connectivity index (χ3v) is 5.63. The van der Waals surface area contributed by atoms with Gasteiger partial charge in [-0.2, -0.15) is 0 Å². The van der Waals surface area contributed by atoms with Gasteiger partial charge in [-0.05, 0) is 47.4 Å². The maximum Gasteiger partial charge on any atom is 0.336 e. The summed E-state index contributed by atoms with van der Waals surface area (Å²) in [5.41, 5.74) is 10.6. The highest BCUT2D eigenvalue weighted by Gasteiger charge is 2.14. The van der Waals surface area contributed by atoms with Crippen molar-refractivity contribution >= 4 is 22.9 Å². The quantitative estimate of drug-likeness (QED) is 0.418. The second-order valence-corrected chi connectivity index (χ2v) is 7.83. The van der Waals surface area contributed by atoms with Crippen molar-refractivity contribution in [2.24, 2.45) is 5.73 Å². The summed E-state index contributed by atoms with van der Waals surface area (Å²) in [5.74, 6) is -0.430. The molecule has 0 fully saturated rings. The molecule has 1 heterocycles. The summed E-state index contributed by atoms with van der Waals surface area (Å²) in [7, 11) is 0. The zero-order chi connectivity index (χ0) is 22.7. The van der Waals surface area contributed by atoms with Gasteiger partial charge in [-0.15, -0.1) is 0 Å². The highest BCUT2D eigenvalue weighted by molar-refractivity contribution is 5.97. The number of carbonyl (C=O) groups excluding carboxylic acids is 1. The Labute approximate surface area is 186 Å². The second kappa shape index (κ2) is 9.06. The summed E-state index contributed by atoms with van der Waals surface area (Å²) in [6.07, 6.45) is 2.94. The monoisotopic (exact) mass is 427 g/mol. The van der Waals surface area contributed by atoms with Crippen molar-refractivity contribution in [3.63, 3.8) is 0 Å². The van der Waals surface area contributed by atoms with Gasteiger partial charge < -0.3 is 15.4 Å². The molecule has 162 valence electrons. The molecule has 32 heavy (non-hydrogen) atoms. The van der Waals surface area contributed by atoms with E-state index in [2.05, 4.69) is 11.5 Å². The molecule has 0 spiro atoms. The number of benzene rings is 3. The summed E-state index contributed by atoms with van der Waals surface area (Å²) in [4.78, 5) is 28.0. The van der Waals surface area contributed by atoms with E-state index in [1.54, 1.807) is 24.3 Å². The van der Waals surface area contributed by atoms with Crippen molar-refractivity contribution in [3.8, 4) is 11.1 Å². The van der Waals surface area contributed by atoms with Gasteiger partial charge in [0, 0.05) is 18.5 Å². The van der Waals surface area contributed by atoms with Crippen molar-refractivity contribution in [2.75, 3.05) is 0 Å². The molecular formula is C26H25N3O3. The first-order chi connectivity index (χ1) is 15.5. The van der Waals surface area contributed by atoms with Gasteiger partial charge in [0.25, 0.3) is 0 Å². The normalized spacial score (nSPS) is 11.0. The number of amides is 1. The van der Waals surface area contributed by atoms with E-state index in [0.29, 0.717) is 17.7 Å². The molecule has 0 aliphatic heterocycles. The van der Waals surface area contributed by atoms with Gasteiger partial charge in [0.2, 0.25) is 5.91 Å². The third kappa shape index (κ3) is 4.25. The van der Waals surface area contributed by atoms with E-state index in [1.807, 2.05) is 42.5 Å². The van der Waals surface area contributed by atoms with Gasteiger partial charge in [-0.1, -0.05) is 55.8 Å². The Balaban J connectivity index is 1.70. The van der Waals surface area contributed by atoms with Crippen LogP contribution in [0, 0.1) is 0 Å². The van der Waals surface area contributed by atoms with Gasteiger partial charge in [0.15, 0.2) is 0 Å². The van der Waals surface area contributed by atoms with E-state index >= 15 is 0 Å². The molecule has 0 saturated heterocycles. The number of nitrogens with zero attached hydrogens (tertiary/aromatic N) is 2. The number of aromatic nitrogens is 2. The highest BCUT2D eigenvalue weighted by Crippen LogP contribution is 2.26. The number of carboxylic acids is 1. The molecule has 3 N–H and O–H groups in total. The lowest BCUT2D eigenvalue weighted by Crippen LogP contribution is -2.11. The number of fused-ring (bicyclic) bond motifs is 1. The van der Waals surface area contributed by atoms with Crippen molar-refractivity contribution in [3.05, 3.63) is 89.2 Å². The summed E-state index contributed by atoms with van der Waals surface area (Å²) < 4.78 is 2.14. The smallest absolute Gasteiger partial charge is 0.336 e. The maximum absolute atomic E-state index is 11.7. The van der Waals surface area contributed by atoms with Crippen LogP contribution in [0.25, 0.3) is 22.2 Å². The third-order valence-electron chi connectivity index (χ3n) is 5.63. The molecule has 0 bridgehead atoms. The fourth-order valence-electron chi connectivity index (χ4n) is 3.92. The van der Waals surface area contributed by atoms with E-state index in [4.69, 9.17) is 10.7 Å². The molecule has 0 aliphatic rings. The Kier molecular flexibility index (Phi) is 6.03. The highest BCUT2D eigenvalue weighted by atomic mass is 16.4. The van der Waals surface area contributed by atoms with Crippen LogP contribution in [0.3, 0.4) is 0 Å². The number of rotatable bonds is 8. The molecule has 4 aromatic rings. The molecule has 3 aromatic carbocycles. The molecule has 0 unspecified atom stereocenters. The maximum atomic E-state index is 11.7. The van der Waals surface area contributed by atoms with Gasteiger partial charge in [0.1, 0.15) is 5.82 Å². The molecule has 0 aliphatic carbocycles. The van der Waals surface area contributed by atoms with E-state index in [1.165, 1.54) is 0 Å². The molecule has 0 radical (unpaired) electrons. The summed E-state index contributed by atoms with van der Waals surface area (Å²) in [6, 6.07) is 20.2. The lowest BCUT2D eigenvalue weighted by atomic mass is 9.99. The van der Waals surface area contributed by atoms with Crippen LogP contribution in [0.5, 0.6) is 0 Å². The molecule has 0 saturated carbocycles. The van der Waals surface area contributed by atoms with Crippen LogP contribution in [-0.2, 0) is 13.0 Å². The van der Waals surface area contributed by atoms with Crippen LogP contribution in [0.2, 0.25) is 0 Å². The zero-order valence-electron chi connectivity index (χ0n) is 17.9. The first-order valence-corrected chi connectivity index (χ1v) is 10.7. The van der Waals surface area contributed by atoms with Crippen LogP contribution >= 0.6 is 0 Å². The molecule has 6 heteroatoms. The van der Waals surface area contributed by atoms with Gasteiger partial charge in [0.05, 0.1) is 16.6 Å². The largest absolute Gasteiger partial charge is 0.478 e. The van der Waals surface area contributed by atoms with Crippen molar-refractivity contribution in [1.82, 2.24) is 9.55 Å². The van der Waals surface area contributed by atoms with E-state index in [-0.39, 0.29) is 5.56 Å². The van der Waals surface area contributed by atoms with Crippen LogP contribution < -0.4 is 5.73 Å². The van der Waals surface area contributed by atoms with Crippen LogP contribution in [0.15, 0.2) is 66.7 Å². The minimum Gasteiger partial charge on any atom is -0.478 e. The summed E-state index contributed by atoms with van der Waals surface area (Å²) >= 11 is 0. The molecule has 1 amide bonds. The number of hydrogen-bond donors (Lipinski definition) is 2. The van der Waals surface area contributed by atoms with Crippen LogP contribution in [-0.4, -0.2) is 26.5 Å². The SMILES string of the molecule is CCCCc1nc2ccc(C(N)=O)cc2n1Cc1ccc(-c2ccccc2C(=O)O)cc1. The lowest BCUT2D eigenvalue weighted by molar-refractivity contribution is 0.0697. The average molecular weight is 428 g/mol. The zero-order valence-corrected chi connectivity index (χ0v) is 17.9. The summed E-state index contributed by atoms with van der Waals surface area (Å²) in [6.45, 7) is 2.74. The summed E-state index contributed by atoms with van der Waals surface area (Å²) in [5, 5.41) is 9.47. The number of aryl methyl sites for hydroxylation is 1. The molecular weight excluding hydrogens is 402 g/mol. The minimum atomic E-state index is -0.944. The Bertz CT molecular complexity index is 1290. The Morgan fingerprint density at radius 1 is 1.03 bits per heavy atom. The van der Waals surface area contributed by atoms with E-state index in [9.17, 15) is 14.7 Å². The van der Waals surface area contributed by atoms with Gasteiger partial charge >= 0.3 is 5.97 Å². The van der Waals surface area contributed by atoms with Crippen molar-refractivity contribution in [1.29, 1.82) is 0 Å². The number of nitrogens with two attached hydrogens (primary N) is 1. The van der Waals surface area contributed by atoms with Crippen molar-refractivity contribution < 1.29 is 14.7 Å². The predicted molar refractivity (Wildman–Crippen MR) is 125 cm³/mol. The second-order valence-electron chi connectivity index (χ2n) is 7.83. The van der Waals surface area contributed by atoms with Crippen LogP contribution in [0.1, 0.15) is 51.9 Å². The van der Waals surface area contributed by atoms with Gasteiger partial charge in [-0.3, -0.25) is 4.79 Å². The first-order valence-electron chi connectivity index (χ1n) is 10.7. The van der Waals surface area contributed by atoms with Crippen LogP contribution in [0.4, 0.5) is 0 Å². The molecule has 6 nitrogen and oxygen atoms in total. The van der Waals surface area contributed by atoms with E-state index in [0.717, 1.165) is 47.2 Å². The standard InChI is InChI=1S/C26H25N3O3/c1-2-3-8-24-28-22-14-13-19(25(27)30)15-23(22)29(24)16-17-9-11-18(12-10-17)20-6-4-5-7-21(20)26(31)32/h4-7,9-15H,2-3,8,16H2,1H3,(H2,27,30)(H,31,32). The number of aromatic carboxylic acids is 1. The fourth-order valence-corrected chi connectivity index (χ4v) is 3.92. The topological polar surface area (TPSA) is 98.2 Å². The van der Waals surface area contributed by atoms with Crippen molar-refractivity contribution in [2.45, 2.75) is 32.7 Å². The Morgan fingerprint density at radius 2 is 1.78 bits per heavy atom. The number of hydrogen-bond acceptors (Lipinski definition) is 3. The first kappa shape index (κ1) is 21.3. The number of carbonyl (C=O) groups is 2. The fraction of sp³-hybridized carbons (Fsp3) is 0.192. The number of carboxylic acid groups (broad SMARTS) is 1. The lowest BCUT2D eigenvalue weighted by Gasteiger charge is -2.11. The Morgan fingerprint density at radius 3 is 2.47 bits per heavy atom. The Hall–Kier alpha value is -3.93. The molecule has 0 atom stereocenters. The van der Waals surface area contributed by atoms with E-state index < -0.39 is 11.9 Å².